The summed E-state index contributed by atoms with van der Waals surface area (Å²) in [6, 6.07) is 0.367. The van der Waals surface area contributed by atoms with Crippen LogP contribution in [0.3, 0.4) is 0 Å². The van der Waals surface area contributed by atoms with Crippen LogP contribution in [-0.4, -0.2) is 22.0 Å². The van der Waals surface area contributed by atoms with Crippen LogP contribution in [0.2, 0.25) is 0 Å². The Kier molecular flexibility index (Phi) is 4.75. The Hall–Kier alpha value is -0.900. The Labute approximate surface area is 92.1 Å². The van der Waals surface area contributed by atoms with Gasteiger partial charge in [0.2, 0.25) is 0 Å². The van der Waals surface area contributed by atoms with Gasteiger partial charge in [0.05, 0.1) is 17.9 Å². The lowest BCUT2D eigenvalue weighted by molar-refractivity contribution is 0.420. The molecule has 1 atom stereocenters. The summed E-state index contributed by atoms with van der Waals surface area (Å²) >= 11 is 0. The molecule has 0 aromatic carbocycles. The third kappa shape index (κ3) is 3.30. The van der Waals surface area contributed by atoms with Crippen molar-refractivity contribution in [1.82, 2.24) is 20.3 Å². The first-order valence-corrected chi connectivity index (χ1v) is 5.74. The second-order valence-corrected chi connectivity index (χ2v) is 4.35. The van der Waals surface area contributed by atoms with E-state index in [2.05, 4.69) is 36.4 Å². The average molecular weight is 210 g/mol. The number of nitrogens with one attached hydrogen (secondary N) is 1. The van der Waals surface area contributed by atoms with Gasteiger partial charge in [0, 0.05) is 6.54 Å². The first-order chi connectivity index (χ1) is 7.19. The molecule has 0 saturated carbocycles. The van der Waals surface area contributed by atoms with E-state index in [1.54, 1.807) is 0 Å². The van der Waals surface area contributed by atoms with Crippen LogP contribution >= 0.6 is 0 Å². The van der Waals surface area contributed by atoms with Crippen LogP contribution in [0.15, 0.2) is 6.20 Å². The van der Waals surface area contributed by atoms with E-state index < -0.39 is 0 Å². The van der Waals surface area contributed by atoms with E-state index in [-0.39, 0.29) is 0 Å². The van der Waals surface area contributed by atoms with Crippen LogP contribution in [-0.2, 0) is 6.54 Å². The van der Waals surface area contributed by atoms with Gasteiger partial charge in [-0.25, -0.2) is 4.68 Å². The molecule has 0 spiro atoms. The van der Waals surface area contributed by atoms with Crippen molar-refractivity contribution in [2.75, 3.05) is 7.05 Å². The molecule has 0 aliphatic heterocycles. The van der Waals surface area contributed by atoms with E-state index in [0.717, 1.165) is 19.4 Å². The lowest BCUT2D eigenvalue weighted by Gasteiger charge is -2.18. The summed E-state index contributed by atoms with van der Waals surface area (Å²) in [5.74, 6) is 0.674. The predicted octanol–water partition coefficient (Wildman–Crippen LogP) is 1.99. The molecule has 1 rings (SSSR count). The highest BCUT2D eigenvalue weighted by molar-refractivity contribution is 5.02. The van der Waals surface area contributed by atoms with Crippen molar-refractivity contribution in [1.29, 1.82) is 0 Å². The van der Waals surface area contributed by atoms with E-state index >= 15 is 0 Å². The zero-order valence-electron chi connectivity index (χ0n) is 10.2. The zero-order chi connectivity index (χ0) is 11.3. The van der Waals surface area contributed by atoms with Gasteiger partial charge in [0.1, 0.15) is 0 Å². The Morgan fingerprint density at radius 2 is 2.20 bits per heavy atom. The monoisotopic (exact) mass is 210 g/mol. The van der Waals surface area contributed by atoms with E-state index in [4.69, 9.17) is 0 Å². The van der Waals surface area contributed by atoms with Gasteiger partial charge in [-0.2, -0.15) is 0 Å². The summed E-state index contributed by atoms with van der Waals surface area (Å²) in [6.45, 7) is 7.57. The van der Waals surface area contributed by atoms with Crippen LogP contribution in [0.1, 0.15) is 45.3 Å². The molecule has 4 nitrogen and oxygen atoms in total. The summed E-state index contributed by atoms with van der Waals surface area (Å²) in [5, 5.41) is 11.4. The highest BCUT2D eigenvalue weighted by Gasteiger charge is 2.16. The van der Waals surface area contributed by atoms with Crippen molar-refractivity contribution >= 4 is 0 Å². The molecule has 1 N–H and O–H groups in total. The van der Waals surface area contributed by atoms with Crippen molar-refractivity contribution in [3.63, 3.8) is 0 Å². The van der Waals surface area contributed by atoms with Gasteiger partial charge >= 0.3 is 0 Å². The third-order valence-corrected chi connectivity index (χ3v) is 2.50. The minimum Gasteiger partial charge on any atom is -0.312 e. The molecule has 1 aromatic heterocycles. The van der Waals surface area contributed by atoms with Gasteiger partial charge in [-0.3, -0.25) is 0 Å². The summed E-state index contributed by atoms with van der Waals surface area (Å²) in [4.78, 5) is 0. The lowest BCUT2D eigenvalue weighted by atomic mass is 10.0. The van der Waals surface area contributed by atoms with Crippen LogP contribution < -0.4 is 5.32 Å². The third-order valence-electron chi connectivity index (χ3n) is 2.50. The van der Waals surface area contributed by atoms with Gasteiger partial charge in [0.15, 0.2) is 0 Å². The van der Waals surface area contributed by atoms with Crippen molar-refractivity contribution in [2.45, 2.75) is 46.2 Å². The number of aromatic nitrogens is 3. The molecular formula is C11H22N4. The highest BCUT2D eigenvalue weighted by Crippen LogP contribution is 2.19. The Bertz CT molecular complexity index is 280. The molecule has 0 radical (unpaired) electrons. The van der Waals surface area contributed by atoms with Gasteiger partial charge in [0.25, 0.3) is 0 Å². The van der Waals surface area contributed by atoms with E-state index in [1.165, 1.54) is 5.69 Å². The van der Waals surface area contributed by atoms with Gasteiger partial charge in [-0.1, -0.05) is 26.0 Å². The average Bonchev–Trinajstić information content (AvgIpc) is 2.63. The first-order valence-electron chi connectivity index (χ1n) is 5.74. The number of nitrogens with zero attached hydrogens (tertiary/aromatic N) is 3. The molecule has 0 aliphatic carbocycles. The quantitative estimate of drug-likeness (QED) is 0.781. The highest BCUT2D eigenvalue weighted by atomic mass is 15.4. The van der Waals surface area contributed by atoms with Crippen LogP contribution in [0, 0.1) is 5.92 Å². The summed E-state index contributed by atoms with van der Waals surface area (Å²) in [7, 11) is 2.00. The summed E-state index contributed by atoms with van der Waals surface area (Å²) < 4.78 is 2.00. The van der Waals surface area contributed by atoms with Gasteiger partial charge < -0.3 is 5.32 Å². The van der Waals surface area contributed by atoms with Crippen LogP contribution in [0.5, 0.6) is 0 Å². The molecule has 15 heavy (non-hydrogen) atoms. The molecule has 0 fully saturated rings. The Morgan fingerprint density at radius 3 is 2.73 bits per heavy atom. The molecule has 0 saturated heterocycles. The molecule has 0 amide bonds. The number of rotatable bonds is 6. The maximum Gasteiger partial charge on any atom is 0.0756 e. The smallest absolute Gasteiger partial charge is 0.0756 e. The van der Waals surface area contributed by atoms with Gasteiger partial charge in [-0.05, 0) is 25.8 Å². The molecule has 0 bridgehead atoms. The molecule has 4 heteroatoms. The van der Waals surface area contributed by atoms with Crippen molar-refractivity contribution in [3.8, 4) is 0 Å². The second-order valence-electron chi connectivity index (χ2n) is 4.35. The zero-order valence-corrected chi connectivity index (χ0v) is 10.2. The summed E-state index contributed by atoms with van der Waals surface area (Å²) in [6.07, 6.45) is 4.08. The maximum atomic E-state index is 4.11. The van der Waals surface area contributed by atoms with E-state index in [1.807, 2.05) is 17.9 Å². The number of hydrogen-bond donors (Lipinski definition) is 1. The van der Waals surface area contributed by atoms with E-state index in [0.29, 0.717) is 12.0 Å². The first kappa shape index (κ1) is 12.2. The molecule has 1 aromatic rings. The Morgan fingerprint density at radius 1 is 1.47 bits per heavy atom. The fourth-order valence-electron chi connectivity index (χ4n) is 1.78. The van der Waals surface area contributed by atoms with Crippen LogP contribution in [0.4, 0.5) is 0 Å². The fourth-order valence-corrected chi connectivity index (χ4v) is 1.78. The molecule has 1 heterocycles. The van der Waals surface area contributed by atoms with Crippen molar-refractivity contribution in [2.24, 2.45) is 5.92 Å². The molecule has 86 valence electrons. The van der Waals surface area contributed by atoms with Crippen molar-refractivity contribution in [3.05, 3.63) is 11.9 Å². The normalized spacial score (nSPS) is 13.4. The standard InChI is InChI=1S/C11H22N4/c1-5-6-15-11(8-13-14-15)10(12-4)7-9(2)3/h8-10,12H,5-7H2,1-4H3. The van der Waals surface area contributed by atoms with Gasteiger partial charge in [-0.15, -0.1) is 5.10 Å². The SMILES string of the molecule is CCCn1nncc1C(CC(C)C)NC. The minimum absolute atomic E-state index is 0.367. The number of hydrogen-bond acceptors (Lipinski definition) is 3. The minimum atomic E-state index is 0.367. The second kappa shape index (κ2) is 5.85. The maximum absolute atomic E-state index is 4.11. The predicted molar refractivity (Wildman–Crippen MR) is 61.6 cm³/mol. The van der Waals surface area contributed by atoms with Crippen molar-refractivity contribution < 1.29 is 0 Å². The molecule has 0 aliphatic rings. The summed E-state index contributed by atoms with van der Waals surface area (Å²) in [5.41, 5.74) is 1.20. The molecule has 1 unspecified atom stereocenters. The fraction of sp³-hybridized carbons (Fsp3) is 0.818. The van der Waals surface area contributed by atoms with E-state index in [9.17, 15) is 0 Å². The topological polar surface area (TPSA) is 42.7 Å². The van der Waals surface area contributed by atoms with Crippen LogP contribution in [0.25, 0.3) is 0 Å². The largest absolute Gasteiger partial charge is 0.312 e. The molecular weight excluding hydrogens is 188 g/mol. The number of aryl methyl sites for hydroxylation is 1. The lowest BCUT2D eigenvalue weighted by Crippen LogP contribution is -2.22. The Balaban J connectivity index is 2.76.